The molecule has 0 aromatic carbocycles. The molecule has 14 heavy (non-hydrogen) atoms. The third-order valence-corrected chi connectivity index (χ3v) is 1.71. The van der Waals surface area contributed by atoms with Crippen LogP contribution in [0.3, 0.4) is 0 Å². The highest BCUT2D eigenvalue weighted by molar-refractivity contribution is 4.52. The molecule has 0 amide bonds. The Kier molecular flexibility index (Phi) is 9.35. The van der Waals surface area contributed by atoms with E-state index in [1.165, 1.54) is 0 Å². The van der Waals surface area contributed by atoms with Gasteiger partial charge in [-0.3, -0.25) is 0 Å². The van der Waals surface area contributed by atoms with Gasteiger partial charge in [0.2, 0.25) is 0 Å². The van der Waals surface area contributed by atoms with Crippen LogP contribution in [0.5, 0.6) is 0 Å². The van der Waals surface area contributed by atoms with E-state index in [0.717, 1.165) is 19.4 Å². The van der Waals surface area contributed by atoms with E-state index in [4.69, 9.17) is 9.47 Å². The molecule has 0 aromatic heterocycles. The molecule has 3 nitrogen and oxygen atoms in total. The van der Waals surface area contributed by atoms with E-state index in [2.05, 4.69) is 20.8 Å². The third kappa shape index (κ3) is 9.96. The minimum absolute atomic E-state index is 0.379. The van der Waals surface area contributed by atoms with Gasteiger partial charge in [0, 0.05) is 13.2 Å². The lowest BCUT2D eigenvalue weighted by Gasteiger charge is -2.12. The van der Waals surface area contributed by atoms with Crippen LogP contribution in [0, 0.1) is 5.92 Å². The van der Waals surface area contributed by atoms with Gasteiger partial charge in [0.1, 0.15) is 6.10 Å². The van der Waals surface area contributed by atoms with Crippen molar-refractivity contribution in [1.29, 1.82) is 0 Å². The molecule has 1 atom stereocenters. The van der Waals surface area contributed by atoms with Gasteiger partial charge in [0.05, 0.1) is 13.2 Å². The first-order chi connectivity index (χ1) is 6.66. The molecule has 0 aromatic rings. The summed E-state index contributed by atoms with van der Waals surface area (Å²) in [4.78, 5) is 0. The van der Waals surface area contributed by atoms with Crippen LogP contribution in [0.1, 0.15) is 33.6 Å². The number of aliphatic hydroxyl groups excluding tert-OH is 1. The molecule has 86 valence electrons. The normalized spacial score (nSPS) is 13.5. The standard InChI is InChI=1S/C11H24O3/c1-4-5-6-13-8-11(12)9-14-7-10(2)3/h10-12H,4-9H2,1-3H3/t11-/m1/s1. The van der Waals surface area contributed by atoms with E-state index in [-0.39, 0.29) is 0 Å². The SMILES string of the molecule is CCCCOC[C@@H](O)COCC(C)C. The summed E-state index contributed by atoms with van der Waals surface area (Å²) in [6.45, 7) is 8.49. The maximum absolute atomic E-state index is 9.41. The Bertz CT molecular complexity index is 115. The lowest BCUT2D eigenvalue weighted by atomic mass is 10.2. The van der Waals surface area contributed by atoms with Gasteiger partial charge in [-0.05, 0) is 12.3 Å². The number of aliphatic hydroxyl groups is 1. The molecule has 0 spiro atoms. The van der Waals surface area contributed by atoms with Crippen LogP contribution in [-0.2, 0) is 9.47 Å². The second-order valence-electron chi connectivity index (χ2n) is 4.01. The van der Waals surface area contributed by atoms with Crippen LogP contribution < -0.4 is 0 Å². The first-order valence-corrected chi connectivity index (χ1v) is 5.50. The minimum Gasteiger partial charge on any atom is -0.388 e. The summed E-state index contributed by atoms with van der Waals surface area (Å²) in [5.41, 5.74) is 0. The molecule has 0 rings (SSSR count). The zero-order chi connectivity index (χ0) is 10.8. The molecule has 0 saturated carbocycles. The molecular weight excluding hydrogens is 180 g/mol. The van der Waals surface area contributed by atoms with Crippen LogP contribution in [-0.4, -0.2) is 37.6 Å². The summed E-state index contributed by atoms with van der Waals surface area (Å²) >= 11 is 0. The van der Waals surface area contributed by atoms with Gasteiger partial charge in [-0.1, -0.05) is 27.2 Å². The fourth-order valence-corrected chi connectivity index (χ4v) is 0.954. The number of rotatable bonds is 9. The smallest absolute Gasteiger partial charge is 0.101 e. The topological polar surface area (TPSA) is 38.7 Å². The largest absolute Gasteiger partial charge is 0.388 e. The van der Waals surface area contributed by atoms with Crippen LogP contribution in [0.4, 0.5) is 0 Å². The molecule has 3 heteroatoms. The highest BCUT2D eigenvalue weighted by atomic mass is 16.5. The van der Waals surface area contributed by atoms with E-state index in [1.54, 1.807) is 0 Å². The average Bonchev–Trinajstić information content (AvgIpc) is 2.12. The molecule has 0 heterocycles. The molecule has 0 aliphatic rings. The van der Waals surface area contributed by atoms with Gasteiger partial charge < -0.3 is 14.6 Å². The molecule has 0 radical (unpaired) electrons. The number of hydrogen-bond donors (Lipinski definition) is 1. The second kappa shape index (κ2) is 9.44. The highest BCUT2D eigenvalue weighted by Crippen LogP contribution is 1.95. The highest BCUT2D eigenvalue weighted by Gasteiger charge is 2.04. The van der Waals surface area contributed by atoms with E-state index >= 15 is 0 Å². The minimum atomic E-state index is -0.481. The zero-order valence-corrected chi connectivity index (χ0v) is 9.66. The second-order valence-corrected chi connectivity index (χ2v) is 4.01. The van der Waals surface area contributed by atoms with Crippen LogP contribution in [0.15, 0.2) is 0 Å². The van der Waals surface area contributed by atoms with Gasteiger partial charge in [0.15, 0.2) is 0 Å². The maximum Gasteiger partial charge on any atom is 0.101 e. The molecule has 0 aliphatic heterocycles. The summed E-state index contributed by atoms with van der Waals surface area (Å²) in [6, 6.07) is 0. The van der Waals surface area contributed by atoms with Gasteiger partial charge in [-0.15, -0.1) is 0 Å². The van der Waals surface area contributed by atoms with E-state index in [1.807, 2.05) is 0 Å². The lowest BCUT2D eigenvalue weighted by Crippen LogP contribution is -2.23. The molecule has 0 saturated heterocycles. The van der Waals surface area contributed by atoms with E-state index < -0.39 is 6.10 Å². The molecule has 0 fully saturated rings. The Morgan fingerprint density at radius 3 is 2.29 bits per heavy atom. The summed E-state index contributed by atoms with van der Waals surface area (Å²) < 4.78 is 10.5. The Hall–Kier alpha value is -0.120. The van der Waals surface area contributed by atoms with E-state index in [9.17, 15) is 5.11 Å². The predicted octanol–water partition coefficient (Wildman–Crippen LogP) is 1.84. The monoisotopic (exact) mass is 204 g/mol. The lowest BCUT2D eigenvalue weighted by molar-refractivity contribution is -0.0243. The summed E-state index contributed by atoms with van der Waals surface area (Å²) in [5.74, 6) is 0.517. The first kappa shape index (κ1) is 13.9. The molecule has 0 aliphatic carbocycles. The molecular formula is C11H24O3. The number of unbranched alkanes of at least 4 members (excludes halogenated alkanes) is 1. The van der Waals surface area contributed by atoms with Gasteiger partial charge >= 0.3 is 0 Å². The molecule has 1 N–H and O–H groups in total. The number of ether oxygens (including phenoxy) is 2. The van der Waals surface area contributed by atoms with E-state index in [0.29, 0.717) is 25.7 Å². The third-order valence-electron chi connectivity index (χ3n) is 1.71. The average molecular weight is 204 g/mol. The van der Waals surface area contributed by atoms with Crippen molar-refractivity contribution < 1.29 is 14.6 Å². The van der Waals surface area contributed by atoms with Crippen LogP contribution in [0.25, 0.3) is 0 Å². The quantitative estimate of drug-likeness (QED) is 0.582. The first-order valence-electron chi connectivity index (χ1n) is 5.50. The zero-order valence-electron chi connectivity index (χ0n) is 9.66. The van der Waals surface area contributed by atoms with Crippen molar-refractivity contribution >= 4 is 0 Å². The van der Waals surface area contributed by atoms with Gasteiger partial charge in [0.25, 0.3) is 0 Å². The Morgan fingerprint density at radius 1 is 1.07 bits per heavy atom. The Morgan fingerprint density at radius 2 is 1.71 bits per heavy atom. The van der Waals surface area contributed by atoms with Crippen molar-refractivity contribution in [3.05, 3.63) is 0 Å². The van der Waals surface area contributed by atoms with Crippen molar-refractivity contribution in [2.24, 2.45) is 5.92 Å². The fraction of sp³-hybridized carbons (Fsp3) is 1.00. The van der Waals surface area contributed by atoms with Gasteiger partial charge in [-0.25, -0.2) is 0 Å². The van der Waals surface area contributed by atoms with Crippen LogP contribution >= 0.6 is 0 Å². The van der Waals surface area contributed by atoms with Gasteiger partial charge in [-0.2, -0.15) is 0 Å². The van der Waals surface area contributed by atoms with Crippen molar-refractivity contribution in [2.75, 3.05) is 26.4 Å². The van der Waals surface area contributed by atoms with Crippen molar-refractivity contribution in [2.45, 2.75) is 39.7 Å². The van der Waals surface area contributed by atoms with Crippen molar-refractivity contribution in [1.82, 2.24) is 0 Å². The molecule has 0 unspecified atom stereocenters. The van der Waals surface area contributed by atoms with Crippen molar-refractivity contribution in [3.63, 3.8) is 0 Å². The van der Waals surface area contributed by atoms with Crippen molar-refractivity contribution in [3.8, 4) is 0 Å². The summed E-state index contributed by atoms with van der Waals surface area (Å²) in [7, 11) is 0. The summed E-state index contributed by atoms with van der Waals surface area (Å²) in [5, 5.41) is 9.41. The number of hydrogen-bond acceptors (Lipinski definition) is 3. The fourth-order valence-electron chi connectivity index (χ4n) is 0.954. The predicted molar refractivity (Wildman–Crippen MR) is 57.4 cm³/mol. The Labute approximate surface area is 87.4 Å². The maximum atomic E-state index is 9.41. The van der Waals surface area contributed by atoms with Crippen LogP contribution in [0.2, 0.25) is 0 Å². The molecule has 0 bridgehead atoms. The Balaban J connectivity index is 3.15. The summed E-state index contributed by atoms with van der Waals surface area (Å²) in [6.07, 6.45) is 1.70.